The number of carbonyl (C=O) groups excluding carboxylic acids is 2. The molecule has 1 fully saturated rings. The second-order valence-electron chi connectivity index (χ2n) is 8.44. The molecular formula is C23H28N2O2. The Morgan fingerprint density at radius 1 is 0.963 bits per heavy atom. The van der Waals surface area contributed by atoms with Crippen LogP contribution >= 0.6 is 0 Å². The Balaban J connectivity index is 1.55. The molecule has 27 heavy (non-hydrogen) atoms. The molecule has 0 bridgehead atoms. The topological polar surface area (TPSA) is 58.2 Å². The third-order valence-corrected chi connectivity index (χ3v) is 5.04. The van der Waals surface area contributed by atoms with Gasteiger partial charge < -0.3 is 10.6 Å². The highest BCUT2D eigenvalue weighted by atomic mass is 16.2. The summed E-state index contributed by atoms with van der Waals surface area (Å²) in [5.41, 5.74) is 4.13. The van der Waals surface area contributed by atoms with Gasteiger partial charge in [0.15, 0.2) is 0 Å². The fourth-order valence-electron chi connectivity index (χ4n) is 3.27. The Labute approximate surface area is 161 Å². The molecule has 0 aliphatic heterocycles. The number of anilines is 1. The number of amides is 2. The number of hydrogen-bond donors (Lipinski definition) is 2. The minimum Gasteiger partial charge on any atom is -0.352 e. The van der Waals surface area contributed by atoms with Crippen LogP contribution in [-0.4, -0.2) is 11.8 Å². The van der Waals surface area contributed by atoms with Crippen LogP contribution < -0.4 is 10.6 Å². The van der Waals surface area contributed by atoms with Crippen LogP contribution in [-0.2, 0) is 21.5 Å². The lowest BCUT2D eigenvalue weighted by atomic mass is 9.86. The molecule has 0 heterocycles. The molecule has 0 saturated heterocycles. The van der Waals surface area contributed by atoms with Gasteiger partial charge in [-0.15, -0.1) is 0 Å². The number of hydrogen-bond acceptors (Lipinski definition) is 2. The quantitative estimate of drug-likeness (QED) is 0.836. The van der Waals surface area contributed by atoms with E-state index in [1.54, 1.807) is 0 Å². The first-order valence-electron chi connectivity index (χ1n) is 9.49. The zero-order chi connectivity index (χ0) is 19.6. The zero-order valence-corrected chi connectivity index (χ0v) is 16.5. The Bertz CT molecular complexity index is 834. The van der Waals surface area contributed by atoms with Crippen molar-refractivity contribution >= 4 is 17.5 Å². The van der Waals surface area contributed by atoms with Gasteiger partial charge in [-0.05, 0) is 36.0 Å². The first-order chi connectivity index (χ1) is 12.8. The van der Waals surface area contributed by atoms with Gasteiger partial charge in [-0.25, -0.2) is 0 Å². The Hall–Kier alpha value is -2.62. The monoisotopic (exact) mass is 364 g/mol. The van der Waals surface area contributed by atoms with Gasteiger partial charge in [0.05, 0.1) is 11.8 Å². The molecule has 2 unspecified atom stereocenters. The fraction of sp³-hybridized carbons (Fsp3) is 0.391. The summed E-state index contributed by atoms with van der Waals surface area (Å²) in [6.45, 7) is 8.90. The number of aryl methyl sites for hydroxylation is 1. The van der Waals surface area contributed by atoms with Crippen molar-refractivity contribution < 1.29 is 9.59 Å². The molecule has 2 aromatic carbocycles. The van der Waals surface area contributed by atoms with Crippen molar-refractivity contribution in [3.8, 4) is 0 Å². The molecule has 0 spiro atoms. The minimum atomic E-state index is -0.240. The molecule has 2 N–H and O–H groups in total. The molecule has 3 rings (SSSR count). The highest BCUT2D eigenvalue weighted by Crippen LogP contribution is 2.40. The Kier molecular flexibility index (Phi) is 5.36. The maximum absolute atomic E-state index is 12.6. The summed E-state index contributed by atoms with van der Waals surface area (Å²) >= 11 is 0. The van der Waals surface area contributed by atoms with Crippen LogP contribution in [0.25, 0.3) is 0 Å². The van der Waals surface area contributed by atoms with Crippen LogP contribution in [0.3, 0.4) is 0 Å². The molecule has 4 nitrogen and oxygen atoms in total. The predicted octanol–water partition coefficient (Wildman–Crippen LogP) is 4.18. The van der Waals surface area contributed by atoms with Crippen molar-refractivity contribution in [2.75, 3.05) is 5.32 Å². The van der Waals surface area contributed by atoms with Crippen LogP contribution in [0.15, 0.2) is 48.5 Å². The molecule has 1 saturated carbocycles. The number of rotatable bonds is 5. The highest BCUT2D eigenvalue weighted by molar-refractivity contribution is 6.00. The molecule has 1 aliphatic rings. The van der Waals surface area contributed by atoms with E-state index in [4.69, 9.17) is 0 Å². The van der Waals surface area contributed by atoms with Gasteiger partial charge in [-0.2, -0.15) is 0 Å². The molecule has 1 aliphatic carbocycles. The van der Waals surface area contributed by atoms with Crippen LogP contribution in [0.1, 0.15) is 43.9 Å². The van der Waals surface area contributed by atoms with Gasteiger partial charge in [0.2, 0.25) is 11.8 Å². The maximum Gasteiger partial charge on any atom is 0.228 e. The number of nitrogens with one attached hydrogen (secondary N) is 2. The van der Waals surface area contributed by atoms with Gasteiger partial charge in [0, 0.05) is 12.2 Å². The van der Waals surface area contributed by atoms with Gasteiger partial charge in [-0.3, -0.25) is 9.59 Å². The number of carbonyl (C=O) groups is 2. The smallest absolute Gasteiger partial charge is 0.228 e. The van der Waals surface area contributed by atoms with Gasteiger partial charge in [-0.1, -0.05) is 68.8 Å². The molecule has 2 aromatic rings. The first kappa shape index (κ1) is 19.2. The van der Waals surface area contributed by atoms with Crippen molar-refractivity contribution in [1.29, 1.82) is 0 Å². The highest BCUT2D eigenvalue weighted by Gasteiger charge is 2.48. The first-order valence-corrected chi connectivity index (χ1v) is 9.49. The zero-order valence-electron chi connectivity index (χ0n) is 16.5. The fourth-order valence-corrected chi connectivity index (χ4v) is 3.27. The van der Waals surface area contributed by atoms with Crippen molar-refractivity contribution in [3.05, 3.63) is 65.2 Å². The summed E-state index contributed by atoms with van der Waals surface area (Å²) in [5, 5.41) is 5.97. The predicted molar refractivity (Wildman–Crippen MR) is 108 cm³/mol. The summed E-state index contributed by atoms with van der Waals surface area (Å²) in [5.74, 6) is -0.574. The van der Waals surface area contributed by atoms with Gasteiger partial charge >= 0.3 is 0 Å². The van der Waals surface area contributed by atoms with E-state index in [9.17, 15) is 9.59 Å². The van der Waals surface area contributed by atoms with Crippen molar-refractivity contribution in [1.82, 2.24) is 5.32 Å². The molecule has 0 aromatic heterocycles. The van der Waals surface area contributed by atoms with Crippen molar-refractivity contribution in [2.24, 2.45) is 11.8 Å². The van der Waals surface area contributed by atoms with Gasteiger partial charge in [0.1, 0.15) is 0 Å². The average molecular weight is 364 g/mol. The largest absolute Gasteiger partial charge is 0.352 e. The van der Waals surface area contributed by atoms with E-state index in [0.717, 1.165) is 16.8 Å². The number of para-hydroxylation sites is 1. The van der Waals surface area contributed by atoms with Crippen LogP contribution in [0.4, 0.5) is 5.69 Å². The Morgan fingerprint density at radius 3 is 2.26 bits per heavy atom. The van der Waals surface area contributed by atoms with Crippen molar-refractivity contribution in [2.45, 2.75) is 46.1 Å². The van der Waals surface area contributed by atoms with E-state index in [1.807, 2.05) is 55.5 Å². The third-order valence-electron chi connectivity index (χ3n) is 5.04. The Morgan fingerprint density at radius 2 is 1.59 bits per heavy atom. The lowest BCUT2D eigenvalue weighted by Gasteiger charge is -2.23. The molecule has 2 amide bonds. The van der Waals surface area contributed by atoms with Crippen molar-refractivity contribution in [3.63, 3.8) is 0 Å². The average Bonchev–Trinajstić information content (AvgIpc) is 3.41. The van der Waals surface area contributed by atoms with E-state index in [1.165, 1.54) is 5.56 Å². The summed E-state index contributed by atoms with van der Waals surface area (Å²) in [6.07, 6.45) is 0.614. The lowest BCUT2D eigenvalue weighted by molar-refractivity contribution is -0.125. The van der Waals surface area contributed by atoms with E-state index < -0.39 is 0 Å². The van der Waals surface area contributed by atoms with Crippen LogP contribution in [0.5, 0.6) is 0 Å². The summed E-state index contributed by atoms with van der Waals surface area (Å²) in [4.78, 5) is 24.9. The second-order valence-corrected chi connectivity index (χ2v) is 8.44. The molecule has 0 radical (unpaired) electrons. The molecular weight excluding hydrogens is 336 g/mol. The summed E-state index contributed by atoms with van der Waals surface area (Å²) < 4.78 is 0. The third kappa shape index (κ3) is 4.76. The van der Waals surface area contributed by atoms with Crippen LogP contribution in [0, 0.1) is 18.8 Å². The molecule has 2 atom stereocenters. The van der Waals surface area contributed by atoms with E-state index in [2.05, 4.69) is 31.4 Å². The summed E-state index contributed by atoms with van der Waals surface area (Å²) in [7, 11) is 0. The normalized spacial score (nSPS) is 18.7. The van der Waals surface area contributed by atoms with E-state index >= 15 is 0 Å². The SMILES string of the molecule is Cc1ccc(CNC(=O)C2CC2C(=O)Nc2ccccc2C(C)(C)C)cc1. The standard InChI is InChI=1S/C23H28N2O2/c1-15-9-11-16(12-10-15)14-24-21(26)17-13-18(17)22(27)25-20-8-6-5-7-19(20)23(2,3)4/h5-12,17-18H,13-14H2,1-4H3,(H,24,26)(H,25,27). The summed E-state index contributed by atoms with van der Waals surface area (Å²) in [6, 6.07) is 15.9. The molecule has 4 heteroatoms. The molecule has 142 valence electrons. The minimum absolute atomic E-state index is 0.0418. The maximum atomic E-state index is 12.6. The number of benzene rings is 2. The lowest BCUT2D eigenvalue weighted by Crippen LogP contribution is -2.27. The van der Waals surface area contributed by atoms with Gasteiger partial charge in [0.25, 0.3) is 0 Å². The second kappa shape index (κ2) is 7.55. The van der Waals surface area contributed by atoms with Crippen LogP contribution in [0.2, 0.25) is 0 Å². The van der Waals surface area contributed by atoms with E-state index in [-0.39, 0.29) is 29.1 Å². The van der Waals surface area contributed by atoms with E-state index in [0.29, 0.717) is 13.0 Å².